The van der Waals surface area contributed by atoms with Crippen LogP contribution in [0.1, 0.15) is 37.8 Å². The summed E-state index contributed by atoms with van der Waals surface area (Å²) in [6, 6.07) is 9.67. The zero-order chi connectivity index (χ0) is 14.1. The van der Waals surface area contributed by atoms with E-state index < -0.39 is 0 Å². The van der Waals surface area contributed by atoms with Crippen LogP contribution < -0.4 is 4.90 Å². The van der Waals surface area contributed by atoms with Gasteiger partial charge in [0.1, 0.15) is 0 Å². The van der Waals surface area contributed by atoms with Crippen LogP contribution in [-0.4, -0.2) is 36.6 Å². The summed E-state index contributed by atoms with van der Waals surface area (Å²) in [4.78, 5) is 5.12. The Morgan fingerprint density at radius 2 is 2.05 bits per heavy atom. The average Bonchev–Trinajstić information content (AvgIpc) is 2.82. The smallest absolute Gasteiger partial charge is 0.0992 e. The van der Waals surface area contributed by atoms with E-state index in [2.05, 4.69) is 41.8 Å². The van der Waals surface area contributed by atoms with Gasteiger partial charge in [-0.3, -0.25) is 0 Å². The maximum Gasteiger partial charge on any atom is 0.0992 e. The van der Waals surface area contributed by atoms with Crippen LogP contribution in [0.3, 0.4) is 0 Å². The lowest BCUT2D eigenvalue weighted by molar-refractivity contribution is 0.216. The van der Waals surface area contributed by atoms with Gasteiger partial charge in [-0.05, 0) is 50.4 Å². The van der Waals surface area contributed by atoms with Crippen LogP contribution in [0.2, 0.25) is 0 Å². The van der Waals surface area contributed by atoms with Gasteiger partial charge >= 0.3 is 0 Å². The molecule has 1 saturated heterocycles. The van der Waals surface area contributed by atoms with Crippen LogP contribution in [0.25, 0.3) is 0 Å². The zero-order valence-electron chi connectivity index (χ0n) is 12.5. The molecule has 1 aromatic carbocycles. The first-order valence-corrected chi connectivity index (χ1v) is 7.76. The van der Waals surface area contributed by atoms with Gasteiger partial charge in [-0.2, -0.15) is 5.26 Å². The normalized spacial score (nSPS) is 23.6. The zero-order valence-corrected chi connectivity index (χ0v) is 12.5. The van der Waals surface area contributed by atoms with Crippen molar-refractivity contribution in [2.24, 2.45) is 0 Å². The molecule has 20 heavy (non-hydrogen) atoms. The van der Waals surface area contributed by atoms with Crippen molar-refractivity contribution >= 4 is 5.69 Å². The Kier molecular flexibility index (Phi) is 3.67. The molecule has 1 unspecified atom stereocenters. The Bertz CT molecular complexity index is 524. The van der Waals surface area contributed by atoms with Gasteiger partial charge < -0.3 is 9.80 Å². The standard InChI is InChI=1S/C17H23N3/c1-3-19-8-6-16(7-9-19)20-13(2)10-15-5-4-14(12-18)11-17(15)20/h4-5,11,13,16H,3,6-10H2,1-2H3. The van der Waals surface area contributed by atoms with Gasteiger partial charge in [0.25, 0.3) is 0 Å². The highest BCUT2D eigenvalue weighted by molar-refractivity contribution is 5.63. The SMILES string of the molecule is CCN1CCC(N2c3cc(C#N)ccc3CC2C)CC1. The summed E-state index contributed by atoms with van der Waals surface area (Å²) >= 11 is 0. The fourth-order valence-corrected chi connectivity index (χ4v) is 3.77. The monoisotopic (exact) mass is 269 g/mol. The molecule has 2 aliphatic heterocycles. The Morgan fingerprint density at radius 1 is 1.30 bits per heavy atom. The summed E-state index contributed by atoms with van der Waals surface area (Å²) in [5, 5.41) is 9.12. The van der Waals surface area contributed by atoms with E-state index in [1.165, 1.54) is 37.2 Å². The van der Waals surface area contributed by atoms with E-state index in [9.17, 15) is 0 Å². The summed E-state index contributed by atoms with van der Waals surface area (Å²) in [5.74, 6) is 0. The molecule has 3 nitrogen and oxygen atoms in total. The largest absolute Gasteiger partial charge is 0.365 e. The van der Waals surface area contributed by atoms with Gasteiger partial charge in [-0.15, -0.1) is 0 Å². The molecular formula is C17H23N3. The first-order valence-electron chi connectivity index (χ1n) is 7.76. The number of rotatable bonds is 2. The van der Waals surface area contributed by atoms with E-state index in [0.29, 0.717) is 12.1 Å². The minimum absolute atomic E-state index is 0.567. The molecule has 0 aromatic heterocycles. The van der Waals surface area contributed by atoms with Crippen molar-refractivity contribution in [3.63, 3.8) is 0 Å². The van der Waals surface area contributed by atoms with Gasteiger partial charge in [0.2, 0.25) is 0 Å². The highest BCUT2D eigenvalue weighted by atomic mass is 15.2. The summed E-state index contributed by atoms with van der Waals surface area (Å²) in [6.45, 7) is 8.14. The number of likely N-dealkylation sites (tertiary alicyclic amines) is 1. The van der Waals surface area contributed by atoms with Crippen molar-refractivity contribution < 1.29 is 0 Å². The predicted molar refractivity (Wildman–Crippen MR) is 81.9 cm³/mol. The summed E-state index contributed by atoms with van der Waals surface area (Å²) in [6.07, 6.45) is 3.61. The number of hydrogen-bond acceptors (Lipinski definition) is 3. The Hall–Kier alpha value is -1.53. The lowest BCUT2D eigenvalue weighted by atomic mass is 10.0. The lowest BCUT2D eigenvalue weighted by Gasteiger charge is -2.40. The van der Waals surface area contributed by atoms with E-state index in [-0.39, 0.29) is 0 Å². The van der Waals surface area contributed by atoms with Crippen LogP contribution in [0.15, 0.2) is 18.2 Å². The third-order valence-corrected chi connectivity index (χ3v) is 4.88. The van der Waals surface area contributed by atoms with Gasteiger partial charge in [-0.1, -0.05) is 13.0 Å². The summed E-state index contributed by atoms with van der Waals surface area (Å²) in [7, 11) is 0. The maximum atomic E-state index is 9.12. The highest BCUT2D eigenvalue weighted by Crippen LogP contribution is 2.36. The molecule has 0 N–H and O–H groups in total. The van der Waals surface area contributed by atoms with Crippen molar-refractivity contribution in [3.05, 3.63) is 29.3 Å². The molecule has 2 heterocycles. The second-order valence-corrected chi connectivity index (χ2v) is 6.08. The van der Waals surface area contributed by atoms with Crippen LogP contribution in [0.4, 0.5) is 5.69 Å². The average molecular weight is 269 g/mol. The van der Waals surface area contributed by atoms with Gasteiger partial charge in [-0.25, -0.2) is 0 Å². The number of hydrogen-bond donors (Lipinski definition) is 0. The second-order valence-electron chi connectivity index (χ2n) is 6.08. The number of piperidine rings is 1. The Labute approximate surface area is 121 Å². The fraction of sp³-hybridized carbons (Fsp3) is 0.588. The number of nitriles is 1. The molecule has 0 bridgehead atoms. The number of anilines is 1. The Balaban J connectivity index is 1.83. The molecule has 0 amide bonds. The lowest BCUT2D eigenvalue weighted by Crippen LogP contribution is -2.47. The van der Waals surface area contributed by atoms with Gasteiger partial charge in [0.05, 0.1) is 11.6 Å². The van der Waals surface area contributed by atoms with Crippen molar-refractivity contribution in [2.45, 2.75) is 45.2 Å². The van der Waals surface area contributed by atoms with Crippen LogP contribution in [0, 0.1) is 11.3 Å². The molecule has 0 saturated carbocycles. The first kappa shape index (κ1) is 13.5. The summed E-state index contributed by atoms with van der Waals surface area (Å²) in [5.41, 5.74) is 3.51. The quantitative estimate of drug-likeness (QED) is 0.827. The minimum atomic E-state index is 0.567. The van der Waals surface area contributed by atoms with E-state index in [0.717, 1.165) is 18.5 Å². The summed E-state index contributed by atoms with van der Waals surface area (Å²) < 4.78 is 0. The first-order chi connectivity index (χ1) is 9.72. The highest BCUT2D eigenvalue weighted by Gasteiger charge is 2.33. The molecule has 2 aliphatic rings. The van der Waals surface area contributed by atoms with Gasteiger partial charge in [0, 0.05) is 30.9 Å². The topological polar surface area (TPSA) is 30.3 Å². The predicted octanol–water partition coefficient (Wildman–Crippen LogP) is 2.79. The van der Waals surface area contributed by atoms with Crippen molar-refractivity contribution in [2.75, 3.05) is 24.5 Å². The van der Waals surface area contributed by atoms with Crippen molar-refractivity contribution in [1.82, 2.24) is 4.90 Å². The van der Waals surface area contributed by atoms with E-state index in [1.54, 1.807) is 0 Å². The third kappa shape index (κ3) is 2.29. The molecular weight excluding hydrogens is 246 g/mol. The molecule has 1 aromatic rings. The molecule has 0 spiro atoms. The number of benzene rings is 1. The van der Waals surface area contributed by atoms with Crippen molar-refractivity contribution in [3.8, 4) is 6.07 Å². The number of nitrogens with zero attached hydrogens (tertiary/aromatic N) is 3. The van der Waals surface area contributed by atoms with Crippen LogP contribution in [-0.2, 0) is 6.42 Å². The molecule has 0 aliphatic carbocycles. The molecule has 106 valence electrons. The van der Waals surface area contributed by atoms with Crippen LogP contribution >= 0.6 is 0 Å². The number of fused-ring (bicyclic) bond motifs is 1. The second kappa shape index (κ2) is 5.46. The van der Waals surface area contributed by atoms with E-state index in [1.807, 2.05) is 6.07 Å². The van der Waals surface area contributed by atoms with E-state index >= 15 is 0 Å². The minimum Gasteiger partial charge on any atom is -0.365 e. The molecule has 1 fully saturated rings. The van der Waals surface area contributed by atoms with Gasteiger partial charge in [0.15, 0.2) is 0 Å². The van der Waals surface area contributed by atoms with Crippen LogP contribution in [0.5, 0.6) is 0 Å². The molecule has 0 radical (unpaired) electrons. The van der Waals surface area contributed by atoms with E-state index in [4.69, 9.17) is 5.26 Å². The van der Waals surface area contributed by atoms with Crippen molar-refractivity contribution in [1.29, 1.82) is 5.26 Å². The maximum absolute atomic E-state index is 9.12. The third-order valence-electron chi connectivity index (χ3n) is 4.88. The molecule has 3 heteroatoms. The Morgan fingerprint density at radius 3 is 2.70 bits per heavy atom. The molecule has 3 rings (SSSR count). The molecule has 1 atom stereocenters. The fourth-order valence-electron chi connectivity index (χ4n) is 3.77.